The number of benzene rings is 1. The molecule has 0 aliphatic heterocycles. The van der Waals surface area contributed by atoms with Crippen LogP contribution in [0.2, 0.25) is 0 Å². The van der Waals surface area contributed by atoms with Crippen LogP contribution >= 0.6 is 0 Å². The molecule has 2 N–H and O–H groups in total. The Balaban J connectivity index is 2.61. The maximum absolute atomic E-state index is 10.8. The lowest BCUT2D eigenvalue weighted by atomic mass is 10.2. The number of rotatable bonds is 2. The van der Waals surface area contributed by atoms with E-state index in [2.05, 4.69) is 0 Å². The zero-order valence-electron chi connectivity index (χ0n) is 7.83. The van der Waals surface area contributed by atoms with Crippen LogP contribution in [0.15, 0.2) is 42.7 Å². The van der Waals surface area contributed by atoms with Crippen LogP contribution in [0, 0.1) is 10.1 Å². The lowest BCUT2D eigenvalue weighted by Gasteiger charge is -2.04. The summed E-state index contributed by atoms with van der Waals surface area (Å²) in [6.07, 6.45) is 3.50. The lowest BCUT2D eigenvalue weighted by molar-refractivity contribution is -0.384. The van der Waals surface area contributed by atoms with E-state index in [0.717, 1.165) is 0 Å². The summed E-state index contributed by atoms with van der Waals surface area (Å²) in [6, 6.07) is 8.24. The molecule has 0 saturated carbocycles. The largest absolute Gasteiger partial charge is 0.399 e. The number of aromatic nitrogens is 1. The SMILES string of the molecule is Nc1ccc(-n2cccc2)c([N+](=O)[O-])c1. The Morgan fingerprint density at radius 2 is 1.93 bits per heavy atom. The van der Waals surface area contributed by atoms with Crippen LogP contribution in [0.3, 0.4) is 0 Å². The first kappa shape index (κ1) is 9.26. The third-order valence-corrected chi connectivity index (χ3v) is 2.08. The second-order valence-corrected chi connectivity index (χ2v) is 3.10. The number of nitro groups is 1. The number of hydrogen-bond acceptors (Lipinski definition) is 3. The van der Waals surface area contributed by atoms with Gasteiger partial charge in [0.15, 0.2) is 0 Å². The highest BCUT2D eigenvalue weighted by Crippen LogP contribution is 2.25. The van der Waals surface area contributed by atoms with Crippen molar-refractivity contribution in [2.24, 2.45) is 0 Å². The summed E-state index contributed by atoms with van der Waals surface area (Å²) >= 11 is 0. The monoisotopic (exact) mass is 203 g/mol. The molecule has 5 nitrogen and oxygen atoms in total. The first-order valence-corrected chi connectivity index (χ1v) is 4.36. The summed E-state index contributed by atoms with van der Waals surface area (Å²) in [5.41, 5.74) is 6.41. The van der Waals surface area contributed by atoms with E-state index < -0.39 is 4.92 Å². The summed E-state index contributed by atoms with van der Waals surface area (Å²) in [5, 5.41) is 10.8. The average Bonchev–Trinajstić information content (AvgIpc) is 2.70. The van der Waals surface area contributed by atoms with Gasteiger partial charge in [0, 0.05) is 24.1 Å². The fourth-order valence-corrected chi connectivity index (χ4v) is 1.40. The number of nitro benzene ring substituents is 1. The van der Waals surface area contributed by atoms with E-state index in [1.807, 2.05) is 0 Å². The first-order chi connectivity index (χ1) is 7.18. The van der Waals surface area contributed by atoms with Gasteiger partial charge in [-0.05, 0) is 24.3 Å². The molecule has 2 rings (SSSR count). The standard InChI is InChI=1S/C10H9N3O2/c11-8-3-4-9(10(7-8)13(14)15)12-5-1-2-6-12/h1-7H,11H2. The molecule has 0 aliphatic rings. The minimum atomic E-state index is -0.439. The average molecular weight is 203 g/mol. The van der Waals surface area contributed by atoms with Crippen molar-refractivity contribution in [3.63, 3.8) is 0 Å². The van der Waals surface area contributed by atoms with Crippen molar-refractivity contribution in [3.05, 3.63) is 52.8 Å². The van der Waals surface area contributed by atoms with Gasteiger partial charge in [0.25, 0.3) is 5.69 Å². The van der Waals surface area contributed by atoms with Gasteiger partial charge in [0.1, 0.15) is 5.69 Å². The topological polar surface area (TPSA) is 74.1 Å². The van der Waals surface area contributed by atoms with Crippen LogP contribution in [-0.4, -0.2) is 9.49 Å². The molecular weight excluding hydrogens is 194 g/mol. The minimum absolute atomic E-state index is 0.00574. The van der Waals surface area contributed by atoms with E-state index in [0.29, 0.717) is 11.4 Å². The molecule has 0 saturated heterocycles. The molecule has 0 bridgehead atoms. The predicted molar refractivity (Wildman–Crippen MR) is 56.8 cm³/mol. The molecule has 0 aliphatic carbocycles. The van der Waals surface area contributed by atoms with Gasteiger partial charge in [-0.2, -0.15) is 0 Å². The summed E-state index contributed by atoms with van der Waals surface area (Å²) in [7, 11) is 0. The highest BCUT2D eigenvalue weighted by Gasteiger charge is 2.14. The van der Waals surface area contributed by atoms with E-state index >= 15 is 0 Å². The third-order valence-electron chi connectivity index (χ3n) is 2.08. The Kier molecular flexibility index (Phi) is 2.13. The number of nitrogens with zero attached hydrogens (tertiary/aromatic N) is 2. The number of nitrogens with two attached hydrogens (primary N) is 1. The zero-order chi connectivity index (χ0) is 10.8. The molecular formula is C10H9N3O2. The molecule has 5 heteroatoms. The second-order valence-electron chi connectivity index (χ2n) is 3.10. The van der Waals surface area contributed by atoms with E-state index in [9.17, 15) is 10.1 Å². The first-order valence-electron chi connectivity index (χ1n) is 4.36. The summed E-state index contributed by atoms with van der Waals surface area (Å²) < 4.78 is 1.68. The van der Waals surface area contributed by atoms with E-state index in [1.54, 1.807) is 41.2 Å². The summed E-state index contributed by atoms with van der Waals surface area (Å²) in [4.78, 5) is 10.4. The minimum Gasteiger partial charge on any atom is -0.399 e. The molecule has 15 heavy (non-hydrogen) atoms. The van der Waals surface area contributed by atoms with Gasteiger partial charge in [-0.3, -0.25) is 10.1 Å². The van der Waals surface area contributed by atoms with Crippen molar-refractivity contribution in [2.45, 2.75) is 0 Å². The molecule has 0 unspecified atom stereocenters. The van der Waals surface area contributed by atoms with Crippen LogP contribution in [0.1, 0.15) is 0 Å². The fraction of sp³-hybridized carbons (Fsp3) is 0. The number of nitrogen functional groups attached to an aromatic ring is 1. The molecule has 76 valence electrons. The Morgan fingerprint density at radius 3 is 2.53 bits per heavy atom. The normalized spacial score (nSPS) is 10.1. The third kappa shape index (κ3) is 1.67. The van der Waals surface area contributed by atoms with Gasteiger partial charge in [0.05, 0.1) is 4.92 Å². The van der Waals surface area contributed by atoms with E-state index in [-0.39, 0.29) is 5.69 Å². The van der Waals surface area contributed by atoms with Crippen LogP contribution in [0.5, 0.6) is 0 Å². The quantitative estimate of drug-likeness (QED) is 0.460. The van der Waals surface area contributed by atoms with Gasteiger partial charge < -0.3 is 10.3 Å². The second kappa shape index (κ2) is 3.45. The van der Waals surface area contributed by atoms with E-state index in [4.69, 9.17) is 5.73 Å². The molecule has 2 aromatic rings. The highest BCUT2D eigenvalue weighted by molar-refractivity contribution is 5.60. The summed E-state index contributed by atoms with van der Waals surface area (Å²) in [5.74, 6) is 0. The maximum atomic E-state index is 10.8. The molecule has 1 heterocycles. The van der Waals surface area contributed by atoms with Crippen LogP contribution in [0.25, 0.3) is 5.69 Å². The molecule has 1 aromatic heterocycles. The van der Waals surface area contributed by atoms with Crippen molar-refractivity contribution in [1.29, 1.82) is 0 Å². The molecule has 0 atom stereocenters. The molecule has 0 amide bonds. The smallest absolute Gasteiger partial charge is 0.295 e. The van der Waals surface area contributed by atoms with Crippen molar-refractivity contribution in [3.8, 4) is 5.69 Å². The van der Waals surface area contributed by atoms with Crippen LogP contribution in [0.4, 0.5) is 11.4 Å². The molecule has 0 radical (unpaired) electrons. The Morgan fingerprint density at radius 1 is 1.27 bits per heavy atom. The van der Waals surface area contributed by atoms with Crippen molar-refractivity contribution < 1.29 is 4.92 Å². The van der Waals surface area contributed by atoms with Gasteiger partial charge in [-0.1, -0.05) is 0 Å². The van der Waals surface area contributed by atoms with Crippen LogP contribution < -0.4 is 5.73 Å². The van der Waals surface area contributed by atoms with Gasteiger partial charge in [-0.25, -0.2) is 0 Å². The number of anilines is 1. The molecule has 0 spiro atoms. The predicted octanol–water partition coefficient (Wildman–Crippen LogP) is 1.97. The fourth-order valence-electron chi connectivity index (χ4n) is 1.40. The Labute approximate surface area is 85.9 Å². The maximum Gasteiger partial charge on any atom is 0.295 e. The van der Waals surface area contributed by atoms with E-state index in [1.165, 1.54) is 6.07 Å². The van der Waals surface area contributed by atoms with Gasteiger partial charge >= 0.3 is 0 Å². The van der Waals surface area contributed by atoms with Crippen LogP contribution in [-0.2, 0) is 0 Å². The Hall–Kier alpha value is -2.30. The van der Waals surface area contributed by atoms with Crippen molar-refractivity contribution in [1.82, 2.24) is 4.57 Å². The van der Waals surface area contributed by atoms with Crippen molar-refractivity contribution >= 4 is 11.4 Å². The zero-order valence-corrected chi connectivity index (χ0v) is 7.83. The van der Waals surface area contributed by atoms with Gasteiger partial charge in [-0.15, -0.1) is 0 Å². The molecule has 0 fully saturated rings. The van der Waals surface area contributed by atoms with Gasteiger partial charge in [0.2, 0.25) is 0 Å². The molecule has 1 aromatic carbocycles. The number of hydrogen-bond donors (Lipinski definition) is 1. The Bertz CT molecular complexity index is 491. The lowest BCUT2D eigenvalue weighted by Crippen LogP contribution is -1.99. The van der Waals surface area contributed by atoms with Crippen molar-refractivity contribution in [2.75, 3.05) is 5.73 Å². The highest BCUT2D eigenvalue weighted by atomic mass is 16.6. The summed E-state index contributed by atoms with van der Waals surface area (Å²) in [6.45, 7) is 0.